The van der Waals surface area contributed by atoms with Crippen LogP contribution < -0.4 is 4.74 Å². The quantitative estimate of drug-likeness (QED) is 0.908. The third-order valence-corrected chi connectivity index (χ3v) is 3.50. The molecule has 1 aliphatic rings. The Morgan fingerprint density at radius 3 is 2.85 bits per heavy atom. The number of ether oxygens (including phenoxy) is 1. The first kappa shape index (κ1) is 14.3. The molecule has 0 bridgehead atoms. The van der Waals surface area contributed by atoms with Crippen LogP contribution in [0.15, 0.2) is 24.3 Å². The maximum absolute atomic E-state index is 12.9. The summed E-state index contributed by atoms with van der Waals surface area (Å²) >= 11 is 0. The van der Waals surface area contributed by atoms with E-state index < -0.39 is 17.2 Å². The minimum Gasteiger partial charge on any atom is -0.484 e. The summed E-state index contributed by atoms with van der Waals surface area (Å²) in [6, 6.07) is 5.53. The monoisotopic (exact) mass is 281 g/mol. The summed E-state index contributed by atoms with van der Waals surface area (Å²) in [7, 11) is 0. The lowest BCUT2D eigenvalue weighted by molar-refractivity contribution is -0.147. The Labute approximate surface area is 116 Å². The van der Waals surface area contributed by atoms with Crippen molar-refractivity contribution in [2.75, 3.05) is 19.7 Å². The number of aliphatic carboxylic acids is 1. The molecule has 1 unspecified atom stereocenters. The van der Waals surface area contributed by atoms with E-state index >= 15 is 0 Å². The summed E-state index contributed by atoms with van der Waals surface area (Å²) in [5.74, 6) is -1.36. The van der Waals surface area contributed by atoms with Crippen LogP contribution in [0, 0.1) is 11.2 Å². The Morgan fingerprint density at radius 1 is 1.50 bits per heavy atom. The number of rotatable bonds is 4. The fraction of sp³-hybridized carbons (Fsp3) is 0.429. The first-order valence-electron chi connectivity index (χ1n) is 6.30. The van der Waals surface area contributed by atoms with Crippen molar-refractivity contribution >= 4 is 11.9 Å². The van der Waals surface area contributed by atoms with Crippen molar-refractivity contribution in [1.29, 1.82) is 0 Å². The molecule has 1 atom stereocenters. The molecule has 1 aromatic carbocycles. The van der Waals surface area contributed by atoms with Crippen molar-refractivity contribution in [2.45, 2.75) is 13.3 Å². The molecule has 0 radical (unpaired) electrons. The molecular weight excluding hydrogens is 265 g/mol. The van der Waals surface area contributed by atoms with Gasteiger partial charge in [0, 0.05) is 19.2 Å². The molecule has 1 fully saturated rings. The van der Waals surface area contributed by atoms with Crippen LogP contribution >= 0.6 is 0 Å². The highest BCUT2D eigenvalue weighted by molar-refractivity contribution is 5.81. The van der Waals surface area contributed by atoms with Crippen LogP contribution in [0.4, 0.5) is 4.39 Å². The van der Waals surface area contributed by atoms with Crippen molar-refractivity contribution in [3.63, 3.8) is 0 Å². The van der Waals surface area contributed by atoms with Gasteiger partial charge in [0.15, 0.2) is 6.61 Å². The van der Waals surface area contributed by atoms with Crippen LogP contribution in [-0.2, 0) is 9.59 Å². The van der Waals surface area contributed by atoms with E-state index in [1.165, 1.54) is 23.1 Å². The van der Waals surface area contributed by atoms with Gasteiger partial charge < -0.3 is 14.7 Å². The summed E-state index contributed by atoms with van der Waals surface area (Å²) in [6.45, 7) is 1.97. The Morgan fingerprint density at radius 2 is 2.25 bits per heavy atom. The van der Waals surface area contributed by atoms with Gasteiger partial charge in [-0.3, -0.25) is 9.59 Å². The van der Waals surface area contributed by atoms with Gasteiger partial charge >= 0.3 is 5.97 Å². The molecule has 5 nitrogen and oxygen atoms in total. The normalized spacial score (nSPS) is 21.8. The molecule has 1 aromatic rings. The van der Waals surface area contributed by atoms with Gasteiger partial charge in [0.25, 0.3) is 5.91 Å². The first-order valence-corrected chi connectivity index (χ1v) is 6.30. The molecule has 1 saturated heterocycles. The van der Waals surface area contributed by atoms with E-state index in [4.69, 9.17) is 9.84 Å². The van der Waals surface area contributed by atoms with Crippen LogP contribution in [0.5, 0.6) is 5.75 Å². The lowest BCUT2D eigenvalue weighted by Crippen LogP contribution is -2.37. The maximum Gasteiger partial charge on any atom is 0.311 e. The zero-order valence-corrected chi connectivity index (χ0v) is 11.1. The van der Waals surface area contributed by atoms with Gasteiger partial charge in [-0.25, -0.2) is 4.39 Å². The van der Waals surface area contributed by atoms with Crippen molar-refractivity contribution in [1.82, 2.24) is 4.90 Å². The fourth-order valence-corrected chi connectivity index (χ4v) is 2.14. The highest BCUT2D eigenvalue weighted by atomic mass is 19.1. The number of carboxylic acids is 1. The smallest absolute Gasteiger partial charge is 0.311 e. The lowest BCUT2D eigenvalue weighted by Gasteiger charge is -2.20. The minimum atomic E-state index is -0.904. The number of hydrogen-bond acceptors (Lipinski definition) is 3. The largest absolute Gasteiger partial charge is 0.484 e. The lowest BCUT2D eigenvalue weighted by atomic mass is 9.90. The van der Waals surface area contributed by atoms with Gasteiger partial charge in [-0.2, -0.15) is 0 Å². The molecule has 0 aliphatic carbocycles. The van der Waals surface area contributed by atoms with Crippen LogP contribution in [0.3, 0.4) is 0 Å². The molecule has 1 N–H and O–H groups in total. The molecule has 0 aromatic heterocycles. The number of halogens is 1. The number of carbonyl (C=O) groups excluding carboxylic acids is 1. The standard InChI is InChI=1S/C14H16FNO4/c1-14(13(18)19)5-6-16(9-14)12(17)8-20-11-4-2-3-10(15)7-11/h2-4,7H,5-6,8-9H2,1H3,(H,18,19). The first-order chi connectivity index (χ1) is 9.40. The SMILES string of the molecule is CC1(C(=O)O)CCN(C(=O)COc2cccc(F)c2)C1. The Balaban J connectivity index is 1.89. The van der Waals surface area contributed by atoms with Crippen LogP contribution in [0.1, 0.15) is 13.3 Å². The molecule has 0 spiro atoms. The van der Waals surface area contributed by atoms with Crippen molar-refractivity contribution in [2.24, 2.45) is 5.41 Å². The van der Waals surface area contributed by atoms with Crippen molar-refractivity contribution < 1.29 is 23.8 Å². The van der Waals surface area contributed by atoms with Crippen molar-refractivity contribution in [3.05, 3.63) is 30.1 Å². The summed E-state index contributed by atoms with van der Waals surface area (Å²) in [5.41, 5.74) is -0.894. The van der Waals surface area contributed by atoms with Gasteiger partial charge in [0.1, 0.15) is 11.6 Å². The number of hydrogen-bond donors (Lipinski definition) is 1. The molecule has 6 heteroatoms. The predicted molar refractivity (Wildman–Crippen MR) is 68.8 cm³/mol. The van der Waals surface area contributed by atoms with E-state index in [2.05, 4.69) is 0 Å². The molecule has 1 heterocycles. The molecule has 20 heavy (non-hydrogen) atoms. The molecule has 2 rings (SSSR count). The topological polar surface area (TPSA) is 66.8 Å². The number of carboxylic acid groups (broad SMARTS) is 1. The Bertz CT molecular complexity index is 534. The molecule has 0 saturated carbocycles. The van der Waals surface area contributed by atoms with Gasteiger partial charge in [0.05, 0.1) is 5.41 Å². The summed E-state index contributed by atoms with van der Waals surface area (Å²) in [6.07, 6.45) is 0.425. The highest BCUT2D eigenvalue weighted by Crippen LogP contribution is 2.30. The third-order valence-electron chi connectivity index (χ3n) is 3.50. The van der Waals surface area contributed by atoms with E-state index in [0.29, 0.717) is 13.0 Å². The zero-order valence-electron chi connectivity index (χ0n) is 11.1. The number of benzene rings is 1. The second-order valence-electron chi connectivity index (χ2n) is 5.18. The summed E-state index contributed by atoms with van der Waals surface area (Å²) < 4.78 is 18.2. The number of carbonyl (C=O) groups is 2. The Hall–Kier alpha value is -2.11. The minimum absolute atomic E-state index is 0.174. The average molecular weight is 281 g/mol. The molecule has 1 aliphatic heterocycles. The predicted octanol–water partition coefficient (Wildman–Crippen LogP) is 1.53. The van der Waals surface area contributed by atoms with Gasteiger partial charge in [-0.05, 0) is 25.5 Å². The average Bonchev–Trinajstić information content (AvgIpc) is 2.80. The summed E-state index contributed by atoms with van der Waals surface area (Å²) in [4.78, 5) is 24.5. The fourth-order valence-electron chi connectivity index (χ4n) is 2.14. The summed E-state index contributed by atoms with van der Waals surface area (Å²) in [5, 5.41) is 9.10. The van der Waals surface area contributed by atoms with E-state index in [1.54, 1.807) is 13.0 Å². The van der Waals surface area contributed by atoms with Gasteiger partial charge in [-0.15, -0.1) is 0 Å². The van der Waals surface area contributed by atoms with Crippen molar-refractivity contribution in [3.8, 4) is 5.75 Å². The molecule has 1 amide bonds. The van der Waals surface area contributed by atoms with Gasteiger partial charge in [0.2, 0.25) is 0 Å². The number of amides is 1. The van der Waals surface area contributed by atoms with E-state index in [1.807, 2.05) is 0 Å². The molecular formula is C14H16FNO4. The zero-order chi connectivity index (χ0) is 14.8. The maximum atomic E-state index is 12.9. The van der Waals surface area contributed by atoms with E-state index in [0.717, 1.165) is 0 Å². The number of likely N-dealkylation sites (tertiary alicyclic amines) is 1. The van der Waals surface area contributed by atoms with Crippen LogP contribution in [0.25, 0.3) is 0 Å². The third kappa shape index (κ3) is 3.07. The second kappa shape index (κ2) is 5.48. The molecule has 108 valence electrons. The second-order valence-corrected chi connectivity index (χ2v) is 5.18. The van der Waals surface area contributed by atoms with E-state index in [9.17, 15) is 14.0 Å². The number of nitrogens with zero attached hydrogens (tertiary/aromatic N) is 1. The van der Waals surface area contributed by atoms with Crippen LogP contribution in [-0.4, -0.2) is 41.6 Å². The van der Waals surface area contributed by atoms with E-state index in [-0.39, 0.29) is 24.8 Å². The Kier molecular flexibility index (Phi) is 3.92. The van der Waals surface area contributed by atoms with Gasteiger partial charge in [-0.1, -0.05) is 6.07 Å². The van der Waals surface area contributed by atoms with Crippen LogP contribution in [0.2, 0.25) is 0 Å². The highest BCUT2D eigenvalue weighted by Gasteiger charge is 2.42.